The first kappa shape index (κ1) is 14.5. The normalized spacial score (nSPS) is 15.1. The second-order valence-corrected chi connectivity index (χ2v) is 6.35. The maximum atomic E-state index is 12.8. The summed E-state index contributed by atoms with van der Waals surface area (Å²) in [6.07, 6.45) is 3.12. The minimum atomic E-state index is -0.336. The van der Waals surface area contributed by atoms with Crippen LogP contribution >= 0.6 is 11.3 Å². The van der Waals surface area contributed by atoms with E-state index in [1.807, 2.05) is 28.1 Å². The Balaban J connectivity index is 2.07. The van der Waals surface area contributed by atoms with Crippen molar-refractivity contribution in [3.8, 4) is 0 Å². The summed E-state index contributed by atoms with van der Waals surface area (Å²) in [5.74, 6) is 0. The van der Waals surface area contributed by atoms with Crippen molar-refractivity contribution in [3.05, 3.63) is 55.6 Å². The average Bonchev–Trinajstić information content (AvgIpc) is 3.16. The van der Waals surface area contributed by atoms with E-state index >= 15 is 0 Å². The summed E-state index contributed by atoms with van der Waals surface area (Å²) in [5, 5.41) is 1.99. The standard InChI is InChI=1S/C16H20N2O2S/c1-20-8-7-18-13-5-2-4-11(13)10-12(16(18)19)15(17)14-6-3-9-21-14/h3,6,9-10,15H,2,4-5,7-8,17H2,1H3. The number of nitrogens with zero attached hydrogens (tertiary/aromatic N) is 1. The van der Waals surface area contributed by atoms with Crippen LogP contribution in [0.1, 0.15) is 34.2 Å². The van der Waals surface area contributed by atoms with Crippen molar-refractivity contribution >= 4 is 11.3 Å². The third-order valence-electron chi connectivity index (χ3n) is 4.08. The Morgan fingerprint density at radius 1 is 1.48 bits per heavy atom. The summed E-state index contributed by atoms with van der Waals surface area (Å²) >= 11 is 1.59. The Labute approximate surface area is 128 Å². The summed E-state index contributed by atoms with van der Waals surface area (Å²) in [4.78, 5) is 13.8. The molecule has 0 spiro atoms. The highest BCUT2D eigenvalue weighted by atomic mass is 32.1. The van der Waals surface area contributed by atoms with Crippen LogP contribution in [0.2, 0.25) is 0 Å². The molecule has 0 saturated carbocycles. The minimum absolute atomic E-state index is 0.0357. The number of methoxy groups -OCH3 is 1. The van der Waals surface area contributed by atoms with Gasteiger partial charge in [0.05, 0.1) is 12.6 Å². The number of rotatable bonds is 5. The summed E-state index contributed by atoms with van der Waals surface area (Å²) < 4.78 is 7.01. The van der Waals surface area contributed by atoms with Crippen LogP contribution in [0.4, 0.5) is 0 Å². The number of thiophene rings is 1. The molecule has 0 bridgehead atoms. The van der Waals surface area contributed by atoms with Crippen LogP contribution in [0.25, 0.3) is 0 Å². The third-order valence-corrected chi connectivity index (χ3v) is 5.04. The van der Waals surface area contributed by atoms with Crippen molar-refractivity contribution in [2.45, 2.75) is 31.8 Å². The van der Waals surface area contributed by atoms with Crippen molar-refractivity contribution in [1.29, 1.82) is 0 Å². The first-order chi connectivity index (χ1) is 10.2. The molecule has 1 atom stereocenters. The Hall–Kier alpha value is -1.43. The minimum Gasteiger partial charge on any atom is -0.383 e. The molecule has 1 unspecified atom stereocenters. The zero-order chi connectivity index (χ0) is 14.8. The Kier molecular flexibility index (Phi) is 4.24. The van der Waals surface area contributed by atoms with Gasteiger partial charge in [-0.05, 0) is 42.3 Å². The van der Waals surface area contributed by atoms with Crippen molar-refractivity contribution < 1.29 is 4.74 Å². The van der Waals surface area contributed by atoms with Crippen LogP contribution in [0.5, 0.6) is 0 Å². The summed E-state index contributed by atoms with van der Waals surface area (Å²) in [5.41, 5.74) is 9.49. The second kappa shape index (κ2) is 6.13. The third kappa shape index (κ3) is 2.69. The molecule has 5 heteroatoms. The maximum absolute atomic E-state index is 12.8. The van der Waals surface area contributed by atoms with E-state index in [-0.39, 0.29) is 11.6 Å². The van der Waals surface area contributed by atoms with Gasteiger partial charge in [0.2, 0.25) is 0 Å². The Morgan fingerprint density at radius 3 is 3.05 bits per heavy atom. The van der Waals surface area contributed by atoms with E-state index in [1.54, 1.807) is 18.4 Å². The molecule has 21 heavy (non-hydrogen) atoms. The van der Waals surface area contributed by atoms with Gasteiger partial charge in [-0.3, -0.25) is 4.79 Å². The van der Waals surface area contributed by atoms with Gasteiger partial charge >= 0.3 is 0 Å². The SMILES string of the molecule is COCCn1c2c(cc(C(N)c3cccs3)c1=O)CCC2. The lowest BCUT2D eigenvalue weighted by molar-refractivity contribution is 0.185. The van der Waals surface area contributed by atoms with Crippen LogP contribution in [-0.4, -0.2) is 18.3 Å². The van der Waals surface area contributed by atoms with Gasteiger partial charge in [0.1, 0.15) is 0 Å². The molecule has 0 fully saturated rings. The van der Waals surface area contributed by atoms with Crippen molar-refractivity contribution in [2.24, 2.45) is 5.73 Å². The molecule has 2 aromatic rings. The number of nitrogens with two attached hydrogens (primary N) is 1. The van der Waals surface area contributed by atoms with Crippen molar-refractivity contribution in [3.63, 3.8) is 0 Å². The number of hydrogen-bond acceptors (Lipinski definition) is 4. The molecule has 0 aromatic carbocycles. The zero-order valence-electron chi connectivity index (χ0n) is 12.2. The van der Waals surface area contributed by atoms with Gasteiger partial charge in [-0.1, -0.05) is 6.07 Å². The smallest absolute Gasteiger partial charge is 0.256 e. The fourth-order valence-corrected chi connectivity index (χ4v) is 3.75. The Bertz CT molecular complexity index is 676. The highest BCUT2D eigenvalue weighted by molar-refractivity contribution is 7.10. The number of hydrogen-bond donors (Lipinski definition) is 1. The number of fused-ring (bicyclic) bond motifs is 1. The molecule has 2 aromatic heterocycles. The molecule has 1 aliphatic carbocycles. The predicted octanol–water partition coefficient (Wildman–Crippen LogP) is 2.09. The van der Waals surface area contributed by atoms with Crippen LogP contribution in [0.3, 0.4) is 0 Å². The fourth-order valence-electron chi connectivity index (χ4n) is 3.01. The zero-order valence-corrected chi connectivity index (χ0v) is 13.0. The Morgan fingerprint density at radius 2 is 2.33 bits per heavy atom. The first-order valence-electron chi connectivity index (χ1n) is 7.25. The van der Waals surface area contributed by atoms with Crippen LogP contribution < -0.4 is 11.3 Å². The van der Waals surface area contributed by atoms with Crippen LogP contribution in [0, 0.1) is 0 Å². The van der Waals surface area contributed by atoms with E-state index in [9.17, 15) is 4.79 Å². The van der Waals surface area contributed by atoms with Gasteiger partial charge in [-0.25, -0.2) is 0 Å². The van der Waals surface area contributed by atoms with E-state index in [4.69, 9.17) is 10.5 Å². The lowest BCUT2D eigenvalue weighted by atomic mass is 10.0. The summed E-state index contributed by atoms with van der Waals surface area (Å²) in [6, 6.07) is 5.65. The largest absolute Gasteiger partial charge is 0.383 e. The van der Waals surface area contributed by atoms with Gasteiger partial charge in [-0.2, -0.15) is 0 Å². The molecular formula is C16H20N2O2S. The number of aryl methyl sites for hydroxylation is 1. The molecule has 0 radical (unpaired) electrons. The molecule has 4 nitrogen and oxygen atoms in total. The van der Waals surface area contributed by atoms with Gasteiger partial charge in [0.25, 0.3) is 5.56 Å². The highest BCUT2D eigenvalue weighted by Gasteiger charge is 2.22. The number of aromatic nitrogens is 1. The number of pyridine rings is 1. The van der Waals surface area contributed by atoms with Gasteiger partial charge in [0, 0.05) is 29.8 Å². The molecule has 1 aliphatic rings. The second-order valence-electron chi connectivity index (χ2n) is 5.37. The van der Waals surface area contributed by atoms with E-state index in [1.165, 1.54) is 11.3 Å². The fraction of sp³-hybridized carbons (Fsp3) is 0.438. The molecular weight excluding hydrogens is 284 g/mol. The van der Waals surface area contributed by atoms with E-state index in [2.05, 4.69) is 0 Å². The first-order valence-corrected chi connectivity index (χ1v) is 8.13. The van der Waals surface area contributed by atoms with Gasteiger partial charge < -0.3 is 15.0 Å². The maximum Gasteiger partial charge on any atom is 0.256 e. The molecule has 0 saturated heterocycles. The van der Waals surface area contributed by atoms with Crippen molar-refractivity contribution in [1.82, 2.24) is 4.57 Å². The molecule has 0 aliphatic heterocycles. The molecule has 0 amide bonds. The van der Waals surface area contributed by atoms with E-state index in [0.29, 0.717) is 18.7 Å². The molecule has 2 N–H and O–H groups in total. The average molecular weight is 304 g/mol. The predicted molar refractivity (Wildman–Crippen MR) is 85.0 cm³/mol. The van der Waals surface area contributed by atoms with Crippen molar-refractivity contribution in [2.75, 3.05) is 13.7 Å². The quantitative estimate of drug-likeness (QED) is 0.920. The summed E-state index contributed by atoms with van der Waals surface area (Å²) in [7, 11) is 1.66. The number of ether oxygens (including phenoxy) is 1. The molecule has 112 valence electrons. The molecule has 3 rings (SSSR count). The topological polar surface area (TPSA) is 57.2 Å². The van der Waals surface area contributed by atoms with E-state index in [0.717, 1.165) is 24.1 Å². The lowest BCUT2D eigenvalue weighted by Crippen LogP contribution is -2.32. The van der Waals surface area contributed by atoms with Crippen LogP contribution in [-0.2, 0) is 24.1 Å². The monoisotopic (exact) mass is 304 g/mol. The van der Waals surface area contributed by atoms with Crippen LogP contribution in [0.15, 0.2) is 28.4 Å². The highest BCUT2D eigenvalue weighted by Crippen LogP contribution is 2.26. The van der Waals surface area contributed by atoms with Gasteiger partial charge in [0.15, 0.2) is 0 Å². The van der Waals surface area contributed by atoms with E-state index < -0.39 is 0 Å². The lowest BCUT2D eigenvalue weighted by Gasteiger charge is -2.17. The molecule has 2 heterocycles. The summed E-state index contributed by atoms with van der Waals surface area (Å²) in [6.45, 7) is 1.15. The van der Waals surface area contributed by atoms with Gasteiger partial charge in [-0.15, -0.1) is 11.3 Å².